The molecule has 1 nitrogen and oxygen atoms in total. The van der Waals surface area contributed by atoms with E-state index >= 15 is 0 Å². The molecular formula is C15H15F3O. The topological polar surface area (TPSA) is 20.2 Å². The summed E-state index contributed by atoms with van der Waals surface area (Å²) < 4.78 is 37.1. The fourth-order valence-corrected chi connectivity index (χ4v) is 1.49. The van der Waals surface area contributed by atoms with Crippen LogP contribution in [0.1, 0.15) is 25.3 Å². The highest BCUT2D eigenvalue weighted by Gasteiger charge is 2.26. The van der Waals surface area contributed by atoms with Gasteiger partial charge in [0, 0.05) is 17.2 Å². The quantitative estimate of drug-likeness (QED) is 0.829. The third-order valence-electron chi connectivity index (χ3n) is 2.37. The fraction of sp³-hybridized carbons (Fsp3) is 0.333. The Morgan fingerprint density at radius 2 is 1.95 bits per heavy atom. The van der Waals surface area contributed by atoms with E-state index in [1.54, 1.807) is 37.3 Å². The van der Waals surface area contributed by atoms with Gasteiger partial charge in [0.15, 0.2) is 0 Å². The molecule has 102 valence electrons. The summed E-state index contributed by atoms with van der Waals surface area (Å²) in [5.41, 5.74) is 0.317. The molecule has 1 N–H and O–H groups in total. The average Bonchev–Trinajstić information content (AvgIpc) is 2.34. The van der Waals surface area contributed by atoms with E-state index in [0.29, 0.717) is 12.0 Å². The van der Waals surface area contributed by atoms with Gasteiger partial charge in [-0.2, -0.15) is 13.2 Å². The Labute approximate surface area is 110 Å². The van der Waals surface area contributed by atoms with E-state index in [2.05, 4.69) is 11.8 Å². The maximum Gasteiger partial charge on any atom is 0.410 e. The first kappa shape index (κ1) is 15.3. The van der Waals surface area contributed by atoms with Crippen molar-refractivity contribution in [3.63, 3.8) is 0 Å². The van der Waals surface area contributed by atoms with Gasteiger partial charge < -0.3 is 5.11 Å². The van der Waals surface area contributed by atoms with Crippen molar-refractivity contribution < 1.29 is 18.3 Å². The van der Waals surface area contributed by atoms with Gasteiger partial charge in [-0.3, -0.25) is 0 Å². The second kappa shape index (κ2) is 7.01. The van der Waals surface area contributed by atoms with Crippen LogP contribution in [0.25, 0.3) is 0 Å². The first-order chi connectivity index (χ1) is 8.92. The molecule has 0 bridgehead atoms. The first-order valence-corrected chi connectivity index (χ1v) is 5.97. The molecule has 0 heterocycles. The summed E-state index contributed by atoms with van der Waals surface area (Å²) in [6.45, 7) is 1.79. The fourth-order valence-electron chi connectivity index (χ4n) is 1.49. The summed E-state index contributed by atoms with van der Waals surface area (Å²) in [5, 5.41) is 9.68. The Morgan fingerprint density at radius 1 is 1.32 bits per heavy atom. The third kappa shape index (κ3) is 6.12. The number of benzene rings is 1. The monoisotopic (exact) mass is 268 g/mol. The van der Waals surface area contributed by atoms with Crippen LogP contribution < -0.4 is 0 Å². The minimum absolute atomic E-state index is 0.0727. The van der Waals surface area contributed by atoms with E-state index in [-0.39, 0.29) is 18.1 Å². The van der Waals surface area contributed by atoms with Crippen molar-refractivity contribution in [3.8, 4) is 11.8 Å². The summed E-state index contributed by atoms with van der Waals surface area (Å²) in [7, 11) is 0. The lowest BCUT2D eigenvalue weighted by molar-refractivity contribution is -0.0810. The molecule has 1 aromatic carbocycles. The van der Waals surface area contributed by atoms with Gasteiger partial charge in [0.1, 0.15) is 0 Å². The molecule has 1 atom stereocenters. The van der Waals surface area contributed by atoms with Gasteiger partial charge in [-0.1, -0.05) is 43.4 Å². The maximum absolute atomic E-state index is 12.4. The molecule has 4 heteroatoms. The van der Waals surface area contributed by atoms with Crippen LogP contribution in [0.15, 0.2) is 42.0 Å². The number of aliphatic hydroxyl groups is 1. The third-order valence-corrected chi connectivity index (χ3v) is 2.37. The van der Waals surface area contributed by atoms with E-state index in [4.69, 9.17) is 0 Å². The molecule has 0 aliphatic carbocycles. The molecule has 1 unspecified atom stereocenters. The minimum Gasteiger partial charge on any atom is -0.388 e. The second-order valence-electron chi connectivity index (χ2n) is 4.06. The van der Waals surface area contributed by atoms with Crippen molar-refractivity contribution in [2.24, 2.45) is 0 Å². The molecule has 0 saturated carbocycles. The highest BCUT2D eigenvalue weighted by molar-refractivity contribution is 5.42. The number of allylic oxidation sites excluding steroid dienone is 1. The zero-order valence-electron chi connectivity index (χ0n) is 10.5. The van der Waals surface area contributed by atoms with Crippen molar-refractivity contribution in [1.29, 1.82) is 0 Å². The Hall–Kier alpha value is -1.73. The van der Waals surface area contributed by atoms with E-state index in [9.17, 15) is 18.3 Å². The number of hydrogen-bond donors (Lipinski definition) is 1. The molecule has 1 aromatic rings. The Kier molecular flexibility index (Phi) is 5.65. The van der Waals surface area contributed by atoms with Crippen LogP contribution in [0.2, 0.25) is 0 Å². The zero-order chi connectivity index (χ0) is 14.3. The summed E-state index contributed by atoms with van der Waals surface area (Å²) in [6, 6.07) is 8.69. The SMILES string of the molecule is CCCC(O)/C(C#Cc1ccccc1)=C\C(F)(F)F. The van der Waals surface area contributed by atoms with Crippen LogP contribution in [0.3, 0.4) is 0 Å². The molecule has 0 aromatic heterocycles. The standard InChI is InChI=1S/C15H15F3O/c1-2-6-14(19)13(11-15(16,17)18)10-9-12-7-4-3-5-8-12/h3-5,7-8,11,14,19H,2,6H2,1H3/b13-11-. The average molecular weight is 268 g/mol. The van der Waals surface area contributed by atoms with E-state index in [1.165, 1.54) is 0 Å². The summed E-state index contributed by atoms with van der Waals surface area (Å²) in [5.74, 6) is 5.05. The van der Waals surface area contributed by atoms with Crippen LogP contribution >= 0.6 is 0 Å². The number of aliphatic hydroxyl groups excluding tert-OH is 1. The van der Waals surface area contributed by atoms with Crippen molar-refractivity contribution in [1.82, 2.24) is 0 Å². The lowest BCUT2D eigenvalue weighted by Gasteiger charge is -2.10. The van der Waals surface area contributed by atoms with Gasteiger partial charge in [0.05, 0.1) is 6.10 Å². The van der Waals surface area contributed by atoms with Crippen molar-refractivity contribution >= 4 is 0 Å². The number of rotatable bonds is 3. The van der Waals surface area contributed by atoms with Gasteiger partial charge in [-0.25, -0.2) is 0 Å². The summed E-state index contributed by atoms with van der Waals surface area (Å²) in [6.07, 6.45) is -4.74. The molecule has 0 aliphatic rings. The summed E-state index contributed by atoms with van der Waals surface area (Å²) in [4.78, 5) is 0. The highest BCUT2D eigenvalue weighted by Crippen LogP contribution is 2.21. The molecule has 19 heavy (non-hydrogen) atoms. The number of alkyl halides is 3. The molecule has 0 amide bonds. The highest BCUT2D eigenvalue weighted by atomic mass is 19.4. The lowest BCUT2D eigenvalue weighted by atomic mass is 10.0. The Morgan fingerprint density at radius 3 is 2.47 bits per heavy atom. The lowest BCUT2D eigenvalue weighted by Crippen LogP contribution is -2.13. The van der Waals surface area contributed by atoms with Crippen LogP contribution in [-0.2, 0) is 0 Å². The number of hydrogen-bond acceptors (Lipinski definition) is 1. The van der Waals surface area contributed by atoms with Gasteiger partial charge in [0.2, 0.25) is 0 Å². The Bertz CT molecular complexity index is 478. The van der Waals surface area contributed by atoms with Crippen LogP contribution in [-0.4, -0.2) is 17.4 Å². The largest absolute Gasteiger partial charge is 0.410 e. The van der Waals surface area contributed by atoms with Crippen molar-refractivity contribution in [3.05, 3.63) is 47.5 Å². The van der Waals surface area contributed by atoms with Crippen molar-refractivity contribution in [2.45, 2.75) is 32.0 Å². The number of halogens is 3. The maximum atomic E-state index is 12.4. The van der Waals surface area contributed by atoms with Gasteiger partial charge in [-0.15, -0.1) is 0 Å². The summed E-state index contributed by atoms with van der Waals surface area (Å²) >= 11 is 0. The molecule has 1 rings (SSSR count). The molecule has 0 radical (unpaired) electrons. The van der Waals surface area contributed by atoms with E-state index in [1.807, 2.05) is 0 Å². The van der Waals surface area contributed by atoms with E-state index < -0.39 is 12.3 Å². The van der Waals surface area contributed by atoms with Crippen LogP contribution in [0.4, 0.5) is 13.2 Å². The van der Waals surface area contributed by atoms with Crippen LogP contribution in [0, 0.1) is 11.8 Å². The van der Waals surface area contributed by atoms with Gasteiger partial charge in [0.25, 0.3) is 0 Å². The first-order valence-electron chi connectivity index (χ1n) is 5.97. The predicted molar refractivity (Wildman–Crippen MR) is 68.4 cm³/mol. The Balaban J connectivity index is 2.99. The van der Waals surface area contributed by atoms with Gasteiger partial charge in [-0.05, 0) is 18.6 Å². The normalized spacial score (nSPS) is 13.6. The smallest absolute Gasteiger partial charge is 0.388 e. The van der Waals surface area contributed by atoms with Crippen molar-refractivity contribution in [2.75, 3.05) is 0 Å². The second-order valence-corrected chi connectivity index (χ2v) is 4.06. The molecular weight excluding hydrogens is 253 g/mol. The molecule has 0 aliphatic heterocycles. The minimum atomic E-state index is -4.48. The molecule has 0 saturated heterocycles. The van der Waals surface area contributed by atoms with E-state index in [0.717, 1.165) is 0 Å². The zero-order valence-corrected chi connectivity index (χ0v) is 10.5. The molecule has 0 fully saturated rings. The molecule has 0 spiro atoms. The van der Waals surface area contributed by atoms with Gasteiger partial charge >= 0.3 is 6.18 Å². The predicted octanol–water partition coefficient (Wildman–Crippen LogP) is 3.69. The van der Waals surface area contributed by atoms with Crippen LogP contribution in [0.5, 0.6) is 0 Å².